The quantitative estimate of drug-likeness (QED) is 0.340. The number of benzene rings is 2. The highest BCUT2D eigenvalue weighted by Gasteiger charge is 2.51. The highest BCUT2D eigenvalue weighted by atomic mass is 32.1. The third-order valence-electron chi connectivity index (χ3n) is 8.37. The summed E-state index contributed by atoms with van der Waals surface area (Å²) >= 11 is 5.46. The molecule has 3 aromatic rings. The van der Waals surface area contributed by atoms with Crippen LogP contribution in [0.15, 0.2) is 57.7 Å². The van der Waals surface area contributed by atoms with Gasteiger partial charge in [-0.2, -0.15) is 0 Å². The molecule has 0 radical (unpaired) electrons. The van der Waals surface area contributed by atoms with Gasteiger partial charge in [0.15, 0.2) is 5.11 Å². The van der Waals surface area contributed by atoms with Gasteiger partial charge in [-0.25, -0.2) is 4.79 Å². The molecule has 0 saturated heterocycles. The molecule has 1 amide bonds. The van der Waals surface area contributed by atoms with Crippen molar-refractivity contribution < 1.29 is 9.21 Å². The minimum absolute atomic E-state index is 0.0200. The Morgan fingerprint density at radius 2 is 1.69 bits per heavy atom. The molecule has 0 aliphatic heterocycles. The SMILES string of the molecule is Cc1cc(NC(=S)NC(=O)CC23CC4CC(CC(C4)C2)C3)ccc1-c1cc2ccccc2oc1=O. The molecule has 2 aromatic carbocycles. The van der Waals surface area contributed by atoms with Crippen molar-refractivity contribution in [2.24, 2.45) is 23.2 Å². The summed E-state index contributed by atoms with van der Waals surface area (Å²) < 4.78 is 5.50. The summed E-state index contributed by atoms with van der Waals surface area (Å²) in [6, 6.07) is 15.0. The zero-order valence-corrected chi connectivity index (χ0v) is 20.8. The number of fused-ring (bicyclic) bond motifs is 1. The summed E-state index contributed by atoms with van der Waals surface area (Å²) in [5.41, 5.74) is 3.43. The van der Waals surface area contributed by atoms with E-state index in [-0.39, 0.29) is 16.9 Å². The number of carbonyl (C=O) groups excluding carboxylic acids is 1. The van der Waals surface area contributed by atoms with Crippen LogP contribution in [-0.4, -0.2) is 11.0 Å². The second-order valence-corrected chi connectivity index (χ2v) is 11.5. The molecule has 4 fully saturated rings. The fourth-order valence-electron chi connectivity index (χ4n) is 7.47. The fourth-order valence-corrected chi connectivity index (χ4v) is 7.71. The second-order valence-electron chi connectivity index (χ2n) is 11.1. The smallest absolute Gasteiger partial charge is 0.344 e. The van der Waals surface area contributed by atoms with Crippen LogP contribution in [0.3, 0.4) is 0 Å². The average Bonchev–Trinajstić information content (AvgIpc) is 2.77. The van der Waals surface area contributed by atoms with Gasteiger partial charge in [0.25, 0.3) is 0 Å². The minimum Gasteiger partial charge on any atom is -0.422 e. The Morgan fingerprint density at radius 3 is 2.37 bits per heavy atom. The van der Waals surface area contributed by atoms with Gasteiger partial charge in [0.2, 0.25) is 5.91 Å². The Balaban J connectivity index is 1.12. The molecular weight excluding hydrogens is 456 g/mol. The first-order valence-corrected chi connectivity index (χ1v) is 13.0. The van der Waals surface area contributed by atoms with Crippen molar-refractivity contribution >= 4 is 39.9 Å². The van der Waals surface area contributed by atoms with Crippen molar-refractivity contribution in [1.82, 2.24) is 5.32 Å². The van der Waals surface area contributed by atoms with Gasteiger partial charge in [0, 0.05) is 17.5 Å². The maximum atomic E-state index is 12.9. The summed E-state index contributed by atoms with van der Waals surface area (Å²) in [6.45, 7) is 1.95. The highest BCUT2D eigenvalue weighted by Crippen LogP contribution is 2.61. The molecule has 4 aliphatic carbocycles. The van der Waals surface area contributed by atoms with Crippen LogP contribution in [0.5, 0.6) is 0 Å². The van der Waals surface area contributed by atoms with Crippen LogP contribution < -0.4 is 16.3 Å². The number of anilines is 1. The average molecular weight is 487 g/mol. The first-order valence-electron chi connectivity index (χ1n) is 12.6. The molecule has 4 aliphatic rings. The molecule has 2 N–H and O–H groups in total. The van der Waals surface area contributed by atoms with Crippen molar-refractivity contribution in [3.63, 3.8) is 0 Å². The Morgan fingerprint density at radius 1 is 1.00 bits per heavy atom. The van der Waals surface area contributed by atoms with E-state index in [2.05, 4.69) is 10.6 Å². The third kappa shape index (κ3) is 4.40. The van der Waals surface area contributed by atoms with Gasteiger partial charge in [-0.05, 0) is 116 Å². The lowest BCUT2D eigenvalue weighted by Crippen LogP contribution is -2.48. The van der Waals surface area contributed by atoms with Crippen LogP contribution in [0.1, 0.15) is 50.5 Å². The lowest BCUT2D eigenvalue weighted by Gasteiger charge is -2.56. The molecule has 35 heavy (non-hydrogen) atoms. The summed E-state index contributed by atoms with van der Waals surface area (Å²) in [4.78, 5) is 25.5. The molecule has 1 heterocycles. The lowest BCUT2D eigenvalue weighted by molar-refractivity contribution is -0.127. The van der Waals surface area contributed by atoms with Crippen molar-refractivity contribution in [3.05, 3.63) is 64.5 Å². The van der Waals surface area contributed by atoms with E-state index >= 15 is 0 Å². The van der Waals surface area contributed by atoms with Crippen molar-refractivity contribution in [1.29, 1.82) is 0 Å². The van der Waals surface area contributed by atoms with Gasteiger partial charge in [0.05, 0.1) is 5.56 Å². The van der Waals surface area contributed by atoms with Crippen LogP contribution in [-0.2, 0) is 4.79 Å². The number of hydrogen-bond donors (Lipinski definition) is 2. The van der Waals surface area contributed by atoms with Crippen LogP contribution in [0, 0.1) is 30.1 Å². The molecule has 6 heteroatoms. The zero-order valence-electron chi connectivity index (χ0n) is 19.9. The minimum atomic E-state index is -0.361. The van der Waals surface area contributed by atoms with E-state index in [1.165, 1.54) is 38.5 Å². The number of thiocarbonyl (C=S) groups is 1. The Labute approximate surface area is 210 Å². The van der Waals surface area contributed by atoms with Crippen molar-refractivity contribution in [2.75, 3.05) is 5.32 Å². The van der Waals surface area contributed by atoms with E-state index in [0.29, 0.717) is 22.7 Å². The normalized spacial score (nSPS) is 26.6. The predicted molar refractivity (Wildman–Crippen MR) is 142 cm³/mol. The number of amides is 1. The van der Waals surface area contributed by atoms with Gasteiger partial charge in [-0.15, -0.1) is 0 Å². The molecule has 7 rings (SSSR count). The largest absolute Gasteiger partial charge is 0.422 e. The number of para-hydroxylation sites is 1. The number of nitrogens with one attached hydrogen (secondary N) is 2. The van der Waals surface area contributed by atoms with Gasteiger partial charge >= 0.3 is 5.63 Å². The van der Waals surface area contributed by atoms with E-state index in [0.717, 1.165) is 40.0 Å². The van der Waals surface area contributed by atoms with E-state index in [1.807, 2.05) is 49.4 Å². The van der Waals surface area contributed by atoms with Crippen LogP contribution in [0.25, 0.3) is 22.1 Å². The zero-order chi connectivity index (χ0) is 24.2. The van der Waals surface area contributed by atoms with E-state index in [4.69, 9.17) is 16.6 Å². The molecule has 4 saturated carbocycles. The van der Waals surface area contributed by atoms with Crippen LogP contribution in [0.2, 0.25) is 0 Å². The number of aryl methyl sites for hydroxylation is 1. The summed E-state index contributed by atoms with van der Waals surface area (Å²) in [5, 5.41) is 7.26. The monoisotopic (exact) mass is 486 g/mol. The molecule has 0 spiro atoms. The molecule has 0 atom stereocenters. The van der Waals surface area contributed by atoms with Crippen molar-refractivity contribution in [3.8, 4) is 11.1 Å². The summed E-state index contributed by atoms with van der Waals surface area (Å²) in [6.07, 6.45) is 8.31. The number of carbonyl (C=O) groups is 1. The Bertz CT molecular complexity index is 1360. The van der Waals surface area contributed by atoms with Gasteiger partial charge in [-0.3, -0.25) is 4.79 Å². The molecule has 1 aromatic heterocycles. The maximum Gasteiger partial charge on any atom is 0.344 e. The standard InChI is InChI=1S/C29H30N2O3S/c1-17-8-22(6-7-23(17)24-12-21-4-2-3-5-25(21)34-27(24)33)30-28(35)31-26(32)16-29-13-18-9-19(14-29)11-20(10-18)15-29/h2-8,12,18-20H,9-11,13-16H2,1H3,(H2,30,31,32,35). The lowest BCUT2D eigenvalue weighted by atomic mass is 9.49. The summed E-state index contributed by atoms with van der Waals surface area (Å²) in [7, 11) is 0. The molecule has 0 unspecified atom stereocenters. The van der Waals surface area contributed by atoms with Crippen molar-refractivity contribution in [2.45, 2.75) is 51.9 Å². The third-order valence-corrected chi connectivity index (χ3v) is 8.57. The topological polar surface area (TPSA) is 71.3 Å². The molecule has 180 valence electrons. The molecule has 4 bridgehead atoms. The van der Waals surface area contributed by atoms with E-state index in [1.54, 1.807) is 6.07 Å². The number of hydrogen-bond acceptors (Lipinski definition) is 4. The van der Waals surface area contributed by atoms with E-state index in [9.17, 15) is 9.59 Å². The second kappa shape index (κ2) is 8.59. The van der Waals surface area contributed by atoms with Crippen LogP contribution in [0.4, 0.5) is 5.69 Å². The summed E-state index contributed by atoms with van der Waals surface area (Å²) in [5.74, 6) is 2.49. The van der Waals surface area contributed by atoms with Gasteiger partial charge < -0.3 is 15.1 Å². The predicted octanol–water partition coefficient (Wildman–Crippen LogP) is 6.19. The Hall–Kier alpha value is -2.99. The van der Waals surface area contributed by atoms with Crippen LogP contribution >= 0.6 is 12.2 Å². The maximum absolute atomic E-state index is 12.9. The molecular formula is C29H30N2O3S. The van der Waals surface area contributed by atoms with Gasteiger partial charge in [0.1, 0.15) is 5.58 Å². The first-order chi connectivity index (χ1) is 16.9. The molecule has 5 nitrogen and oxygen atoms in total. The fraction of sp³-hybridized carbons (Fsp3) is 0.414. The Kier molecular flexibility index (Phi) is 5.52. The number of rotatable bonds is 4. The van der Waals surface area contributed by atoms with E-state index < -0.39 is 0 Å². The first kappa shape index (κ1) is 22.5. The highest BCUT2D eigenvalue weighted by molar-refractivity contribution is 7.80. The van der Waals surface area contributed by atoms with Gasteiger partial charge in [-0.1, -0.05) is 24.3 Å².